The van der Waals surface area contributed by atoms with E-state index in [2.05, 4.69) is 10.3 Å². The third-order valence-corrected chi connectivity index (χ3v) is 3.70. The number of rotatable bonds is 2. The molecule has 0 bridgehead atoms. The molecule has 0 radical (unpaired) electrons. The molecule has 3 rings (SSSR count). The molecule has 0 aliphatic carbocycles. The Labute approximate surface area is 128 Å². The highest BCUT2D eigenvalue weighted by Crippen LogP contribution is 2.33. The zero-order valence-electron chi connectivity index (χ0n) is 11.8. The molecular formula is C15H13F3N2O3. The lowest BCUT2D eigenvalue weighted by Crippen LogP contribution is -2.33. The van der Waals surface area contributed by atoms with E-state index in [1.807, 2.05) is 0 Å². The maximum absolute atomic E-state index is 12.6. The summed E-state index contributed by atoms with van der Waals surface area (Å²) in [7, 11) is 0. The Morgan fingerprint density at radius 1 is 1.22 bits per heavy atom. The van der Waals surface area contributed by atoms with Gasteiger partial charge in [0, 0.05) is 11.5 Å². The van der Waals surface area contributed by atoms with Crippen LogP contribution in [0, 0.1) is 0 Å². The number of alkyl halides is 3. The van der Waals surface area contributed by atoms with Gasteiger partial charge >= 0.3 is 6.18 Å². The normalized spacial score (nSPS) is 21.5. The van der Waals surface area contributed by atoms with Gasteiger partial charge in [0.25, 0.3) is 5.91 Å². The number of fused-ring (bicyclic) bond motifs is 1. The average Bonchev–Trinajstić information content (AvgIpc) is 2.97. The third kappa shape index (κ3) is 3.21. The smallest absolute Gasteiger partial charge is 0.356 e. The number of amides is 1. The van der Waals surface area contributed by atoms with Crippen molar-refractivity contribution in [1.29, 1.82) is 0 Å². The van der Waals surface area contributed by atoms with Gasteiger partial charge in [-0.2, -0.15) is 13.2 Å². The molecule has 2 heterocycles. The van der Waals surface area contributed by atoms with E-state index in [4.69, 9.17) is 4.74 Å². The van der Waals surface area contributed by atoms with Crippen molar-refractivity contribution in [2.24, 2.45) is 0 Å². The fraction of sp³-hybridized carbons (Fsp3) is 0.333. The van der Waals surface area contributed by atoms with Crippen molar-refractivity contribution in [3.05, 3.63) is 40.7 Å². The molecular weight excluding hydrogens is 313 g/mol. The number of hydrogen-bond donors (Lipinski definition) is 2. The number of hydrogen-bond acceptors (Lipinski definition) is 3. The molecule has 0 saturated carbocycles. The first-order valence-corrected chi connectivity index (χ1v) is 7.00. The van der Waals surface area contributed by atoms with Crippen molar-refractivity contribution >= 4 is 22.5 Å². The van der Waals surface area contributed by atoms with Gasteiger partial charge in [-0.15, -0.1) is 0 Å². The lowest BCUT2D eigenvalue weighted by Gasteiger charge is -2.16. The van der Waals surface area contributed by atoms with E-state index in [1.165, 1.54) is 12.1 Å². The number of ether oxygens (including phenoxy) is 1. The van der Waals surface area contributed by atoms with Gasteiger partial charge in [-0.25, -0.2) is 0 Å². The molecule has 0 spiro atoms. The second kappa shape index (κ2) is 5.69. The van der Waals surface area contributed by atoms with Crippen molar-refractivity contribution in [3.8, 4) is 0 Å². The van der Waals surface area contributed by atoms with Gasteiger partial charge in [0.05, 0.1) is 11.2 Å². The van der Waals surface area contributed by atoms with Crippen molar-refractivity contribution in [2.75, 3.05) is 5.32 Å². The van der Waals surface area contributed by atoms with E-state index in [0.717, 1.165) is 0 Å². The number of anilines is 1. The zero-order valence-corrected chi connectivity index (χ0v) is 11.8. The summed E-state index contributed by atoms with van der Waals surface area (Å²) in [6, 6.07) is 7.75. The molecule has 2 N–H and O–H groups in total. The first-order valence-electron chi connectivity index (χ1n) is 7.00. The lowest BCUT2D eigenvalue weighted by molar-refractivity contribution is -0.213. The predicted molar refractivity (Wildman–Crippen MR) is 77.1 cm³/mol. The number of aromatic amines is 1. The van der Waals surface area contributed by atoms with E-state index < -0.39 is 24.3 Å². The minimum Gasteiger partial charge on any atom is -0.356 e. The molecule has 1 saturated heterocycles. The standard InChI is InChI=1S/C15H13F3N2O3/c16-15(17,18)12-6-5-11(23-12)14(22)20-10-3-1-2-9-8(10)4-7-13(21)19-9/h1-4,7,11-12H,5-6H2,(H,19,21)(H,20,22)/t11-,12+/m1/s1. The number of carbonyl (C=O) groups excluding carboxylic acids is 1. The number of H-pyrrole nitrogens is 1. The largest absolute Gasteiger partial charge is 0.414 e. The molecule has 1 aromatic heterocycles. The minimum absolute atomic E-state index is 0.0115. The average molecular weight is 326 g/mol. The van der Waals surface area contributed by atoms with Crippen LogP contribution in [0.4, 0.5) is 18.9 Å². The Balaban J connectivity index is 1.78. The zero-order chi connectivity index (χ0) is 16.6. The fourth-order valence-electron chi connectivity index (χ4n) is 2.58. The summed E-state index contributed by atoms with van der Waals surface area (Å²) in [5.74, 6) is -0.629. The molecule has 1 amide bonds. The van der Waals surface area contributed by atoms with Gasteiger partial charge in [-0.3, -0.25) is 9.59 Å². The first kappa shape index (κ1) is 15.5. The minimum atomic E-state index is -4.46. The summed E-state index contributed by atoms with van der Waals surface area (Å²) >= 11 is 0. The molecule has 8 heteroatoms. The number of aromatic nitrogens is 1. The molecule has 0 unspecified atom stereocenters. The van der Waals surface area contributed by atoms with Crippen LogP contribution in [-0.2, 0) is 9.53 Å². The molecule has 1 aromatic carbocycles. The van der Waals surface area contributed by atoms with Crippen LogP contribution in [-0.4, -0.2) is 29.3 Å². The molecule has 2 aromatic rings. The summed E-state index contributed by atoms with van der Waals surface area (Å²) < 4.78 is 42.5. The van der Waals surface area contributed by atoms with Crippen molar-refractivity contribution in [1.82, 2.24) is 4.98 Å². The van der Waals surface area contributed by atoms with Crippen molar-refractivity contribution in [2.45, 2.75) is 31.2 Å². The maximum Gasteiger partial charge on any atom is 0.414 e. The number of benzene rings is 1. The van der Waals surface area contributed by atoms with Gasteiger partial charge in [0.2, 0.25) is 5.56 Å². The third-order valence-electron chi connectivity index (χ3n) is 3.70. The number of nitrogens with one attached hydrogen (secondary N) is 2. The van der Waals surface area contributed by atoms with E-state index in [9.17, 15) is 22.8 Å². The summed E-state index contributed by atoms with van der Waals surface area (Å²) in [6.07, 6.45) is -7.72. The summed E-state index contributed by atoms with van der Waals surface area (Å²) in [6.45, 7) is 0. The monoisotopic (exact) mass is 326 g/mol. The van der Waals surface area contributed by atoms with E-state index in [0.29, 0.717) is 16.6 Å². The van der Waals surface area contributed by atoms with Gasteiger partial charge in [-0.05, 0) is 31.0 Å². The van der Waals surface area contributed by atoms with Crippen LogP contribution in [0.5, 0.6) is 0 Å². The van der Waals surface area contributed by atoms with Crippen molar-refractivity contribution in [3.63, 3.8) is 0 Å². The van der Waals surface area contributed by atoms with Crippen LogP contribution in [0.3, 0.4) is 0 Å². The number of pyridine rings is 1. The van der Waals surface area contributed by atoms with Gasteiger partial charge in [-0.1, -0.05) is 6.07 Å². The highest BCUT2D eigenvalue weighted by atomic mass is 19.4. The molecule has 23 heavy (non-hydrogen) atoms. The summed E-state index contributed by atoms with van der Waals surface area (Å²) in [4.78, 5) is 26.0. The molecule has 1 aliphatic heterocycles. The summed E-state index contributed by atoms with van der Waals surface area (Å²) in [5, 5.41) is 3.15. The Morgan fingerprint density at radius 3 is 2.70 bits per heavy atom. The highest BCUT2D eigenvalue weighted by molar-refractivity contribution is 6.02. The second-order valence-corrected chi connectivity index (χ2v) is 5.31. The Kier molecular flexibility index (Phi) is 3.85. The van der Waals surface area contributed by atoms with E-state index in [-0.39, 0.29) is 18.4 Å². The topological polar surface area (TPSA) is 71.2 Å². The van der Waals surface area contributed by atoms with Crippen LogP contribution in [0.1, 0.15) is 12.8 Å². The second-order valence-electron chi connectivity index (χ2n) is 5.31. The Morgan fingerprint density at radius 2 is 2.00 bits per heavy atom. The molecule has 1 fully saturated rings. The van der Waals surface area contributed by atoms with Gasteiger partial charge in [0.1, 0.15) is 6.10 Å². The lowest BCUT2D eigenvalue weighted by atomic mass is 10.1. The Bertz CT molecular complexity index is 800. The van der Waals surface area contributed by atoms with E-state index >= 15 is 0 Å². The van der Waals surface area contributed by atoms with Crippen LogP contribution in [0.15, 0.2) is 35.1 Å². The molecule has 5 nitrogen and oxygen atoms in total. The molecule has 1 aliphatic rings. The number of carbonyl (C=O) groups is 1. The SMILES string of the molecule is O=C(Nc1cccc2[nH]c(=O)ccc12)[C@H]1CC[C@@H](C(F)(F)F)O1. The highest BCUT2D eigenvalue weighted by Gasteiger charge is 2.47. The summed E-state index contributed by atoms with van der Waals surface area (Å²) in [5.41, 5.74) is 0.645. The van der Waals surface area contributed by atoms with Crippen LogP contribution in [0.25, 0.3) is 10.9 Å². The predicted octanol–water partition coefficient (Wildman–Crippen LogP) is 2.58. The molecule has 122 valence electrons. The van der Waals surface area contributed by atoms with Crippen LogP contribution < -0.4 is 10.9 Å². The fourth-order valence-corrected chi connectivity index (χ4v) is 2.58. The molecule has 2 atom stereocenters. The van der Waals surface area contributed by atoms with Gasteiger partial charge < -0.3 is 15.0 Å². The Hall–Kier alpha value is -2.35. The van der Waals surface area contributed by atoms with E-state index in [1.54, 1.807) is 18.2 Å². The van der Waals surface area contributed by atoms with Crippen molar-refractivity contribution < 1.29 is 22.7 Å². The number of halogens is 3. The van der Waals surface area contributed by atoms with Crippen LogP contribution in [0.2, 0.25) is 0 Å². The first-order chi connectivity index (χ1) is 10.8. The maximum atomic E-state index is 12.6. The quantitative estimate of drug-likeness (QED) is 0.891. The van der Waals surface area contributed by atoms with Gasteiger partial charge in [0.15, 0.2) is 6.10 Å². The van der Waals surface area contributed by atoms with Crippen LogP contribution >= 0.6 is 0 Å².